The Morgan fingerprint density at radius 1 is 1.53 bits per heavy atom. The van der Waals surface area contributed by atoms with Crippen LogP contribution in [-0.2, 0) is 6.42 Å². The predicted molar refractivity (Wildman–Crippen MR) is 73.6 cm³/mol. The number of halogens is 2. The van der Waals surface area contributed by atoms with Crippen LogP contribution in [0.2, 0.25) is 5.02 Å². The molecule has 2 aromatic rings. The summed E-state index contributed by atoms with van der Waals surface area (Å²) >= 11 is 9.58. The molecule has 1 atom stereocenters. The van der Waals surface area contributed by atoms with Crippen molar-refractivity contribution in [2.24, 2.45) is 5.73 Å². The van der Waals surface area contributed by atoms with E-state index >= 15 is 0 Å². The monoisotopic (exact) mass is 313 g/mol. The SMILES string of the molecule is CC(N)Cc1ccc(-n2cc(Br)cn2)cc1Cl. The molecule has 90 valence electrons. The van der Waals surface area contributed by atoms with Gasteiger partial charge in [-0.05, 0) is 47.0 Å². The van der Waals surface area contributed by atoms with Gasteiger partial charge >= 0.3 is 0 Å². The van der Waals surface area contributed by atoms with E-state index in [1.807, 2.05) is 31.3 Å². The van der Waals surface area contributed by atoms with E-state index in [0.717, 1.165) is 27.2 Å². The zero-order valence-electron chi connectivity index (χ0n) is 9.40. The molecule has 0 radical (unpaired) electrons. The fraction of sp³-hybridized carbons (Fsp3) is 0.250. The van der Waals surface area contributed by atoms with Gasteiger partial charge in [0.25, 0.3) is 0 Å². The molecular weight excluding hydrogens is 302 g/mol. The summed E-state index contributed by atoms with van der Waals surface area (Å²) in [7, 11) is 0. The molecule has 2 N–H and O–H groups in total. The first-order valence-electron chi connectivity index (χ1n) is 5.31. The molecule has 0 aliphatic rings. The van der Waals surface area contributed by atoms with Crippen LogP contribution in [0.1, 0.15) is 12.5 Å². The van der Waals surface area contributed by atoms with Crippen LogP contribution in [0.15, 0.2) is 35.1 Å². The molecule has 17 heavy (non-hydrogen) atoms. The summed E-state index contributed by atoms with van der Waals surface area (Å²) in [6.45, 7) is 1.97. The average Bonchev–Trinajstić information content (AvgIpc) is 2.67. The van der Waals surface area contributed by atoms with Gasteiger partial charge < -0.3 is 5.73 Å². The maximum absolute atomic E-state index is 6.22. The second-order valence-electron chi connectivity index (χ2n) is 4.06. The molecule has 0 aliphatic carbocycles. The molecule has 2 rings (SSSR count). The van der Waals surface area contributed by atoms with Gasteiger partial charge in [-0.15, -0.1) is 0 Å². The molecular formula is C12H13BrClN3. The van der Waals surface area contributed by atoms with Crippen LogP contribution in [0.3, 0.4) is 0 Å². The normalized spacial score (nSPS) is 12.7. The van der Waals surface area contributed by atoms with E-state index in [1.54, 1.807) is 10.9 Å². The van der Waals surface area contributed by atoms with Gasteiger partial charge in [-0.2, -0.15) is 5.10 Å². The zero-order chi connectivity index (χ0) is 12.4. The summed E-state index contributed by atoms with van der Waals surface area (Å²) in [6, 6.07) is 6.00. The summed E-state index contributed by atoms with van der Waals surface area (Å²) in [4.78, 5) is 0. The highest BCUT2D eigenvalue weighted by Gasteiger charge is 2.06. The summed E-state index contributed by atoms with van der Waals surface area (Å²) in [5.74, 6) is 0. The summed E-state index contributed by atoms with van der Waals surface area (Å²) in [6.07, 6.45) is 4.41. The molecule has 0 saturated carbocycles. The first kappa shape index (κ1) is 12.6. The number of hydrogen-bond acceptors (Lipinski definition) is 2. The fourth-order valence-corrected chi connectivity index (χ4v) is 2.17. The lowest BCUT2D eigenvalue weighted by atomic mass is 10.1. The minimum Gasteiger partial charge on any atom is -0.328 e. The maximum atomic E-state index is 6.22. The third-order valence-electron chi connectivity index (χ3n) is 2.39. The lowest BCUT2D eigenvalue weighted by Gasteiger charge is -2.09. The van der Waals surface area contributed by atoms with Crippen LogP contribution >= 0.6 is 27.5 Å². The van der Waals surface area contributed by atoms with E-state index in [4.69, 9.17) is 17.3 Å². The molecule has 0 spiro atoms. The first-order valence-corrected chi connectivity index (χ1v) is 6.48. The zero-order valence-corrected chi connectivity index (χ0v) is 11.7. The lowest BCUT2D eigenvalue weighted by Crippen LogP contribution is -2.18. The highest BCUT2D eigenvalue weighted by molar-refractivity contribution is 9.10. The summed E-state index contributed by atoms with van der Waals surface area (Å²) in [5, 5.41) is 4.93. The van der Waals surface area contributed by atoms with Crippen molar-refractivity contribution in [3.63, 3.8) is 0 Å². The molecule has 1 aromatic carbocycles. The second-order valence-corrected chi connectivity index (χ2v) is 5.38. The van der Waals surface area contributed by atoms with Crippen molar-refractivity contribution < 1.29 is 0 Å². The highest BCUT2D eigenvalue weighted by atomic mass is 79.9. The minimum absolute atomic E-state index is 0.109. The minimum atomic E-state index is 0.109. The molecule has 0 aliphatic heterocycles. The van der Waals surface area contributed by atoms with Crippen LogP contribution in [0, 0.1) is 0 Å². The topological polar surface area (TPSA) is 43.8 Å². The van der Waals surface area contributed by atoms with Gasteiger partial charge in [0, 0.05) is 17.3 Å². The third-order valence-corrected chi connectivity index (χ3v) is 3.16. The Morgan fingerprint density at radius 3 is 2.82 bits per heavy atom. The Morgan fingerprint density at radius 2 is 2.29 bits per heavy atom. The van der Waals surface area contributed by atoms with E-state index in [0.29, 0.717) is 0 Å². The number of aromatic nitrogens is 2. The van der Waals surface area contributed by atoms with Crippen molar-refractivity contribution in [1.29, 1.82) is 0 Å². The quantitative estimate of drug-likeness (QED) is 0.945. The van der Waals surface area contributed by atoms with Gasteiger partial charge in [0.05, 0.1) is 16.4 Å². The van der Waals surface area contributed by atoms with E-state index in [2.05, 4.69) is 21.0 Å². The molecule has 1 heterocycles. The Kier molecular flexibility index (Phi) is 3.86. The van der Waals surface area contributed by atoms with E-state index in [1.165, 1.54) is 0 Å². The van der Waals surface area contributed by atoms with Crippen LogP contribution in [0.4, 0.5) is 0 Å². The fourth-order valence-electron chi connectivity index (χ4n) is 1.63. The lowest BCUT2D eigenvalue weighted by molar-refractivity contribution is 0.737. The van der Waals surface area contributed by atoms with Gasteiger partial charge in [-0.25, -0.2) is 4.68 Å². The Balaban J connectivity index is 2.30. The van der Waals surface area contributed by atoms with E-state index in [9.17, 15) is 0 Å². The van der Waals surface area contributed by atoms with Crippen LogP contribution in [-0.4, -0.2) is 15.8 Å². The second kappa shape index (κ2) is 5.21. The third kappa shape index (κ3) is 3.09. The van der Waals surface area contributed by atoms with Crippen molar-refractivity contribution in [2.45, 2.75) is 19.4 Å². The van der Waals surface area contributed by atoms with E-state index in [-0.39, 0.29) is 6.04 Å². The maximum Gasteiger partial charge on any atom is 0.0661 e. The predicted octanol–water partition coefficient (Wildman–Crippen LogP) is 3.18. The highest BCUT2D eigenvalue weighted by Crippen LogP contribution is 2.22. The van der Waals surface area contributed by atoms with Gasteiger partial charge in [-0.3, -0.25) is 0 Å². The van der Waals surface area contributed by atoms with Crippen molar-refractivity contribution in [3.8, 4) is 5.69 Å². The molecule has 0 bridgehead atoms. The van der Waals surface area contributed by atoms with Gasteiger partial charge in [-0.1, -0.05) is 17.7 Å². The molecule has 1 unspecified atom stereocenters. The van der Waals surface area contributed by atoms with Gasteiger partial charge in [0.15, 0.2) is 0 Å². The molecule has 0 fully saturated rings. The van der Waals surface area contributed by atoms with Gasteiger partial charge in [0.2, 0.25) is 0 Å². The number of nitrogens with zero attached hydrogens (tertiary/aromatic N) is 2. The number of benzene rings is 1. The molecule has 1 aromatic heterocycles. The Bertz CT molecular complexity index is 522. The van der Waals surface area contributed by atoms with E-state index < -0.39 is 0 Å². The molecule has 0 amide bonds. The van der Waals surface area contributed by atoms with Crippen molar-refractivity contribution in [3.05, 3.63) is 45.7 Å². The summed E-state index contributed by atoms with van der Waals surface area (Å²) in [5.41, 5.74) is 7.77. The molecule has 0 saturated heterocycles. The van der Waals surface area contributed by atoms with Crippen molar-refractivity contribution >= 4 is 27.5 Å². The van der Waals surface area contributed by atoms with Crippen molar-refractivity contribution in [1.82, 2.24) is 9.78 Å². The standard InChI is InChI=1S/C12H13BrClN3/c1-8(15)4-9-2-3-11(5-12(9)14)17-7-10(13)6-16-17/h2-3,5-8H,4,15H2,1H3. The van der Waals surface area contributed by atoms with Gasteiger partial charge in [0.1, 0.15) is 0 Å². The largest absolute Gasteiger partial charge is 0.328 e. The van der Waals surface area contributed by atoms with Crippen molar-refractivity contribution in [2.75, 3.05) is 0 Å². The Hall–Kier alpha value is -0.840. The molecule has 5 heteroatoms. The van der Waals surface area contributed by atoms with Crippen LogP contribution in [0.25, 0.3) is 5.69 Å². The molecule has 3 nitrogen and oxygen atoms in total. The van der Waals surface area contributed by atoms with Crippen LogP contribution in [0.5, 0.6) is 0 Å². The Labute approximate surface area is 114 Å². The number of hydrogen-bond donors (Lipinski definition) is 1. The smallest absolute Gasteiger partial charge is 0.0661 e. The average molecular weight is 315 g/mol. The first-order chi connectivity index (χ1) is 8.06. The number of rotatable bonds is 3. The number of nitrogens with two attached hydrogens (primary N) is 1. The summed E-state index contributed by atoms with van der Waals surface area (Å²) < 4.78 is 2.71. The van der Waals surface area contributed by atoms with Crippen LogP contribution < -0.4 is 5.73 Å².